The van der Waals surface area contributed by atoms with Gasteiger partial charge < -0.3 is 5.32 Å². The van der Waals surface area contributed by atoms with E-state index in [1.807, 2.05) is 66.7 Å². The van der Waals surface area contributed by atoms with Crippen LogP contribution in [0.1, 0.15) is 22.4 Å². The van der Waals surface area contributed by atoms with E-state index in [0.717, 1.165) is 22.5 Å². The van der Waals surface area contributed by atoms with Crippen LogP contribution in [0.15, 0.2) is 72.9 Å². The first-order chi connectivity index (χ1) is 12.8. The highest BCUT2D eigenvalue weighted by Crippen LogP contribution is 2.22. The van der Waals surface area contributed by atoms with Crippen molar-refractivity contribution in [1.82, 2.24) is 14.6 Å². The van der Waals surface area contributed by atoms with E-state index in [1.54, 1.807) is 10.7 Å². The lowest BCUT2D eigenvalue weighted by atomic mass is 10.1. The number of hydrogen-bond acceptors (Lipinski definition) is 4. The van der Waals surface area contributed by atoms with Crippen molar-refractivity contribution < 1.29 is 0 Å². The summed E-state index contributed by atoms with van der Waals surface area (Å²) < 4.78 is 1.69. The molecule has 0 bridgehead atoms. The molecular weight excluding hydrogens is 322 g/mol. The summed E-state index contributed by atoms with van der Waals surface area (Å²) in [6.07, 6.45) is 2.30. The standard InChI is InChI=1S/C21H17N5/c22-14-18-19(13-16-7-3-1-4-8-16)25-20-11-12-24-26(20)21(18)23-15-17-9-5-2-6-10-17/h1-12,23H,13,15H2. The van der Waals surface area contributed by atoms with Gasteiger partial charge in [-0.15, -0.1) is 0 Å². The molecule has 1 N–H and O–H groups in total. The van der Waals surface area contributed by atoms with Gasteiger partial charge in [0.15, 0.2) is 5.65 Å². The highest BCUT2D eigenvalue weighted by atomic mass is 15.3. The summed E-state index contributed by atoms with van der Waals surface area (Å²) in [6.45, 7) is 0.610. The van der Waals surface area contributed by atoms with Gasteiger partial charge in [0.2, 0.25) is 0 Å². The van der Waals surface area contributed by atoms with Gasteiger partial charge >= 0.3 is 0 Å². The lowest BCUT2D eigenvalue weighted by Crippen LogP contribution is -2.11. The van der Waals surface area contributed by atoms with Crippen LogP contribution in [0.2, 0.25) is 0 Å². The first-order valence-electron chi connectivity index (χ1n) is 8.43. The van der Waals surface area contributed by atoms with E-state index in [2.05, 4.69) is 21.5 Å². The molecule has 26 heavy (non-hydrogen) atoms. The van der Waals surface area contributed by atoms with Crippen molar-refractivity contribution in [1.29, 1.82) is 5.26 Å². The van der Waals surface area contributed by atoms with Crippen LogP contribution in [0.4, 0.5) is 5.82 Å². The van der Waals surface area contributed by atoms with Crippen LogP contribution >= 0.6 is 0 Å². The summed E-state index contributed by atoms with van der Waals surface area (Å²) in [4.78, 5) is 4.65. The van der Waals surface area contributed by atoms with Gasteiger partial charge in [0.05, 0.1) is 11.9 Å². The Bertz CT molecular complexity index is 1060. The Kier molecular flexibility index (Phi) is 4.31. The zero-order valence-electron chi connectivity index (χ0n) is 14.1. The van der Waals surface area contributed by atoms with Crippen molar-refractivity contribution in [3.05, 3.63) is 95.3 Å². The SMILES string of the molecule is N#Cc1c(Cc2ccccc2)nc2ccnn2c1NCc1ccccc1. The fourth-order valence-electron chi connectivity index (χ4n) is 2.97. The van der Waals surface area contributed by atoms with Crippen LogP contribution < -0.4 is 5.32 Å². The van der Waals surface area contributed by atoms with Crippen molar-refractivity contribution in [2.45, 2.75) is 13.0 Å². The summed E-state index contributed by atoms with van der Waals surface area (Å²) >= 11 is 0. The molecule has 5 heteroatoms. The molecule has 2 aromatic heterocycles. The first-order valence-corrected chi connectivity index (χ1v) is 8.43. The fourth-order valence-corrected chi connectivity index (χ4v) is 2.97. The van der Waals surface area contributed by atoms with Crippen molar-refractivity contribution in [3.8, 4) is 6.07 Å². The number of fused-ring (bicyclic) bond motifs is 1. The van der Waals surface area contributed by atoms with Gasteiger partial charge in [0.25, 0.3) is 0 Å². The van der Waals surface area contributed by atoms with Gasteiger partial charge in [-0.2, -0.15) is 14.9 Å². The summed E-state index contributed by atoms with van der Waals surface area (Å²) in [6, 6.07) is 24.3. The smallest absolute Gasteiger partial charge is 0.157 e. The predicted octanol–water partition coefficient (Wildman–Crippen LogP) is 3.80. The molecule has 5 nitrogen and oxygen atoms in total. The maximum atomic E-state index is 9.80. The Labute approximate surface area is 151 Å². The minimum Gasteiger partial charge on any atom is -0.365 e. The molecule has 0 unspecified atom stereocenters. The number of anilines is 1. The summed E-state index contributed by atoms with van der Waals surface area (Å²) in [7, 11) is 0. The Morgan fingerprint density at radius 3 is 2.31 bits per heavy atom. The van der Waals surface area contributed by atoms with Crippen molar-refractivity contribution in [3.63, 3.8) is 0 Å². The lowest BCUT2D eigenvalue weighted by Gasteiger charge is -2.13. The van der Waals surface area contributed by atoms with E-state index in [1.165, 1.54) is 0 Å². The third-order valence-corrected chi connectivity index (χ3v) is 4.24. The molecule has 0 fully saturated rings. The molecule has 0 radical (unpaired) electrons. The minimum absolute atomic E-state index is 0.529. The third-order valence-electron chi connectivity index (χ3n) is 4.24. The Morgan fingerprint density at radius 1 is 0.923 bits per heavy atom. The zero-order valence-corrected chi connectivity index (χ0v) is 14.1. The van der Waals surface area contributed by atoms with Crippen molar-refractivity contribution >= 4 is 11.5 Å². The van der Waals surface area contributed by atoms with Crippen molar-refractivity contribution in [2.75, 3.05) is 5.32 Å². The summed E-state index contributed by atoms with van der Waals surface area (Å²) in [5, 5.41) is 17.5. The van der Waals surface area contributed by atoms with Crippen LogP contribution in [0.25, 0.3) is 5.65 Å². The Hall–Kier alpha value is -3.65. The van der Waals surface area contributed by atoms with E-state index in [9.17, 15) is 5.26 Å². The van der Waals surface area contributed by atoms with E-state index >= 15 is 0 Å². The monoisotopic (exact) mass is 339 g/mol. The molecule has 0 atom stereocenters. The highest BCUT2D eigenvalue weighted by Gasteiger charge is 2.16. The van der Waals surface area contributed by atoms with Crippen molar-refractivity contribution in [2.24, 2.45) is 0 Å². The predicted molar refractivity (Wildman–Crippen MR) is 101 cm³/mol. The summed E-state index contributed by atoms with van der Waals surface area (Å²) in [5.74, 6) is 0.678. The third kappa shape index (κ3) is 3.13. The molecule has 0 aliphatic heterocycles. The molecule has 0 spiro atoms. The Morgan fingerprint density at radius 2 is 1.62 bits per heavy atom. The fraction of sp³-hybridized carbons (Fsp3) is 0.0952. The second-order valence-electron chi connectivity index (χ2n) is 6.00. The summed E-state index contributed by atoms with van der Waals surface area (Å²) in [5.41, 5.74) is 4.27. The van der Waals surface area contributed by atoms with Gasteiger partial charge in [-0.3, -0.25) is 0 Å². The first kappa shape index (κ1) is 15.9. The molecule has 4 aromatic rings. The van der Waals surface area contributed by atoms with Gasteiger partial charge in [-0.1, -0.05) is 60.7 Å². The second kappa shape index (κ2) is 7.08. The molecule has 0 aliphatic carbocycles. The van der Waals surface area contributed by atoms with E-state index < -0.39 is 0 Å². The molecular formula is C21H17N5. The van der Waals surface area contributed by atoms with Gasteiger partial charge in [0.1, 0.15) is 17.5 Å². The quantitative estimate of drug-likeness (QED) is 0.600. The second-order valence-corrected chi connectivity index (χ2v) is 6.00. The van der Waals surface area contributed by atoms with Crippen LogP contribution in [0, 0.1) is 11.3 Å². The van der Waals surface area contributed by atoms with E-state index in [4.69, 9.17) is 0 Å². The molecule has 2 heterocycles. The number of nitrogens with one attached hydrogen (secondary N) is 1. The Balaban J connectivity index is 1.75. The van der Waals surface area contributed by atoms with E-state index in [0.29, 0.717) is 24.3 Å². The number of aromatic nitrogens is 3. The molecule has 0 saturated carbocycles. The van der Waals surface area contributed by atoms with Crippen LogP contribution in [0.5, 0.6) is 0 Å². The zero-order chi connectivity index (χ0) is 17.8. The lowest BCUT2D eigenvalue weighted by molar-refractivity contribution is 0.901. The topological polar surface area (TPSA) is 66.0 Å². The normalized spacial score (nSPS) is 10.6. The average Bonchev–Trinajstić information content (AvgIpc) is 3.15. The van der Waals surface area contributed by atoms with Crippen LogP contribution in [-0.4, -0.2) is 14.6 Å². The molecule has 0 aliphatic rings. The number of hydrogen-bond donors (Lipinski definition) is 1. The highest BCUT2D eigenvalue weighted by molar-refractivity contribution is 5.61. The maximum absolute atomic E-state index is 9.80. The van der Waals surface area contributed by atoms with Crippen LogP contribution in [0.3, 0.4) is 0 Å². The number of nitriles is 1. The number of rotatable bonds is 5. The average molecular weight is 339 g/mol. The molecule has 2 aromatic carbocycles. The molecule has 4 rings (SSSR count). The number of benzene rings is 2. The van der Waals surface area contributed by atoms with Gasteiger partial charge in [-0.05, 0) is 11.1 Å². The minimum atomic E-state index is 0.529. The molecule has 0 saturated heterocycles. The van der Waals surface area contributed by atoms with Crippen LogP contribution in [-0.2, 0) is 13.0 Å². The van der Waals surface area contributed by atoms with Gasteiger partial charge in [0, 0.05) is 19.0 Å². The molecule has 126 valence electrons. The number of nitrogens with zero attached hydrogens (tertiary/aromatic N) is 4. The molecule has 0 amide bonds. The van der Waals surface area contributed by atoms with E-state index in [-0.39, 0.29) is 0 Å². The maximum Gasteiger partial charge on any atom is 0.157 e. The largest absolute Gasteiger partial charge is 0.365 e. The van der Waals surface area contributed by atoms with Gasteiger partial charge in [-0.25, -0.2) is 4.98 Å².